The first-order chi connectivity index (χ1) is 10.7. The zero-order valence-corrected chi connectivity index (χ0v) is 14.7. The Morgan fingerprint density at radius 2 is 1.96 bits per heavy atom. The number of nitriles is 1. The molecule has 1 rings (SSSR count). The van der Waals surface area contributed by atoms with E-state index < -0.39 is 11.7 Å². The second-order valence-electron chi connectivity index (χ2n) is 5.04. The number of esters is 1. The lowest BCUT2D eigenvalue weighted by atomic mass is 10.2. The number of carbonyl (C=O) groups excluding carboxylic acids is 2. The largest absolute Gasteiger partial charge is 0.465 e. The van der Waals surface area contributed by atoms with Crippen molar-refractivity contribution >= 4 is 23.4 Å². The van der Waals surface area contributed by atoms with Gasteiger partial charge in [0.15, 0.2) is 0 Å². The minimum atomic E-state index is -0.527. The molecule has 6 nitrogen and oxygen atoms in total. The first kappa shape index (κ1) is 20.5. The summed E-state index contributed by atoms with van der Waals surface area (Å²) in [6.45, 7) is 6.98. The van der Waals surface area contributed by atoms with Crippen molar-refractivity contribution < 1.29 is 19.1 Å². The number of rotatable bonds is 2. The highest BCUT2D eigenvalue weighted by atomic mass is 32.1. The van der Waals surface area contributed by atoms with Gasteiger partial charge in [0.1, 0.15) is 10.5 Å². The molecule has 0 aromatic carbocycles. The summed E-state index contributed by atoms with van der Waals surface area (Å²) < 4.78 is 9.67. The Kier molecular flexibility index (Phi) is 9.14. The highest BCUT2D eigenvalue weighted by Gasteiger charge is 2.15. The summed E-state index contributed by atoms with van der Waals surface area (Å²) in [6, 6.07) is 5.14. The van der Waals surface area contributed by atoms with E-state index in [-0.39, 0.29) is 12.5 Å². The van der Waals surface area contributed by atoms with Crippen LogP contribution < -0.4 is 5.32 Å². The molecule has 1 aromatic rings. The standard InChI is InChI=1S/C14H17NO4S.C2H3N/c1-14(2,3)19-13(17)15-9-5-6-10-7-8-11(20-10)12(16)18-4;1-2-3/h7-8H,9H2,1-4H3,(H,15,17);1H3. The molecular weight excluding hydrogens is 316 g/mol. The predicted molar refractivity (Wildman–Crippen MR) is 88.1 cm³/mol. The molecule has 0 radical (unpaired) electrons. The van der Waals surface area contributed by atoms with Crippen LogP contribution in [0.25, 0.3) is 0 Å². The van der Waals surface area contributed by atoms with E-state index in [0.29, 0.717) is 4.88 Å². The van der Waals surface area contributed by atoms with E-state index in [1.807, 2.05) is 0 Å². The van der Waals surface area contributed by atoms with Gasteiger partial charge in [-0.15, -0.1) is 11.3 Å². The number of nitrogens with one attached hydrogen (secondary N) is 1. The predicted octanol–water partition coefficient (Wildman–Crippen LogP) is 2.94. The molecule has 0 aliphatic rings. The van der Waals surface area contributed by atoms with Crippen molar-refractivity contribution in [3.63, 3.8) is 0 Å². The van der Waals surface area contributed by atoms with Gasteiger partial charge in [-0.3, -0.25) is 0 Å². The van der Waals surface area contributed by atoms with Gasteiger partial charge in [-0.05, 0) is 32.9 Å². The van der Waals surface area contributed by atoms with E-state index in [1.165, 1.54) is 25.4 Å². The van der Waals surface area contributed by atoms with Crippen molar-refractivity contribution in [3.05, 3.63) is 21.9 Å². The molecule has 7 heteroatoms. The fourth-order valence-electron chi connectivity index (χ4n) is 1.18. The van der Waals surface area contributed by atoms with Crippen molar-refractivity contribution in [2.24, 2.45) is 0 Å². The molecular formula is C16H20N2O4S. The lowest BCUT2D eigenvalue weighted by Gasteiger charge is -2.18. The second kappa shape index (κ2) is 10.3. The molecule has 0 unspecified atom stereocenters. The maximum Gasteiger partial charge on any atom is 0.408 e. The van der Waals surface area contributed by atoms with Crippen LogP contribution in [0.4, 0.5) is 4.79 Å². The van der Waals surface area contributed by atoms with Crippen molar-refractivity contribution in [1.29, 1.82) is 5.26 Å². The smallest absolute Gasteiger partial charge is 0.408 e. The van der Waals surface area contributed by atoms with E-state index in [1.54, 1.807) is 39.0 Å². The number of hydrogen-bond donors (Lipinski definition) is 1. The molecule has 0 aliphatic carbocycles. The number of amides is 1. The first-order valence-electron chi connectivity index (χ1n) is 6.68. The third-order valence-electron chi connectivity index (χ3n) is 1.92. The fourth-order valence-corrected chi connectivity index (χ4v) is 1.98. The summed E-state index contributed by atoms with van der Waals surface area (Å²) in [5.74, 6) is 5.26. The van der Waals surface area contributed by atoms with Crippen LogP contribution in [0, 0.1) is 23.2 Å². The molecule has 1 heterocycles. The third kappa shape index (κ3) is 9.94. The molecule has 0 saturated carbocycles. The van der Waals surface area contributed by atoms with Crippen LogP contribution in [0.1, 0.15) is 42.2 Å². The molecule has 0 fully saturated rings. The van der Waals surface area contributed by atoms with Crippen LogP contribution in [-0.2, 0) is 9.47 Å². The minimum absolute atomic E-state index is 0.181. The maximum absolute atomic E-state index is 11.3. The molecule has 0 atom stereocenters. The third-order valence-corrected chi connectivity index (χ3v) is 2.90. The van der Waals surface area contributed by atoms with Gasteiger partial charge in [0.05, 0.1) is 24.6 Å². The van der Waals surface area contributed by atoms with Gasteiger partial charge in [0.25, 0.3) is 0 Å². The molecule has 1 N–H and O–H groups in total. The Labute approximate surface area is 140 Å². The second-order valence-corrected chi connectivity index (χ2v) is 6.12. The van der Waals surface area contributed by atoms with E-state index >= 15 is 0 Å². The molecule has 124 valence electrons. The highest BCUT2D eigenvalue weighted by molar-refractivity contribution is 7.14. The van der Waals surface area contributed by atoms with Gasteiger partial charge in [-0.1, -0.05) is 11.8 Å². The van der Waals surface area contributed by atoms with Gasteiger partial charge in [-0.25, -0.2) is 9.59 Å². The van der Waals surface area contributed by atoms with Crippen LogP contribution in [0.5, 0.6) is 0 Å². The van der Waals surface area contributed by atoms with E-state index in [2.05, 4.69) is 21.9 Å². The highest BCUT2D eigenvalue weighted by Crippen LogP contribution is 2.15. The molecule has 1 aromatic heterocycles. The Morgan fingerprint density at radius 1 is 1.35 bits per heavy atom. The summed E-state index contributed by atoms with van der Waals surface area (Å²) in [7, 11) is 1.33. The van der Waals surface area contributed by atoms with Crippen LogP contribution in [0.3, 0.4) is 0 Å². The Balaban J connectivity index is 0.00000149. The number of carbonyl (C=O) groups is 2. The van der Waals surface area contributed by atoms with E-state index in [4.69, 9.17) is 10.00 Å². The fraction of sp³-hybridized carbons (Fsp3) is 0.438. The minimum Gasteiger partial charge on any atom is -0.465 e. The lowest BCUT2D eigenvalue weighted by Crippen LogP contribution is -2.32. The van der Waals surface area contributed by atoms with Crippen molar-refractivity contribution in [1.82, 2.24) is 5.32 Å². The Morgan fingerprint density at radius 3 is 2.48 bits per heavy atom. The van der Waals surface area contributed by atoms with Gasteiger partial charge in [0.2, 0.25) is 0 Å². The molecule has 1 amide bonds. The van der Waals surface area contributed by atoms with Crippen LogP contribution in [-0.4, -0.2) is 31.3 Å². The van der Waals surface area contributed by atoms with Gasteiger partial charge < -0.3 is 14.8 Å². The SMILES string of the molecule is CC#N.COC(=O)c1ccc(C#CCNC(=O)OC(C)(C)C)s1. The summed E-state index contributed by atoms with van der Waals surface area (Å²) in [4.78, 5) is 23.8. The zero-order valence-electron chi connectivity index (χ0n) is 13.9. The molecule has 23 heavy (non-hydrogen) atoms. The Bertz CT molecular complexity index is 627. The van der Waals surface area contributed by atoms with Crippen LogP contribution in [0.15, 0.2) is 12.1 Å². The van der Waals surface area contributed by atoms with Gasteiger partial charge in [0, 0.05) is 6.92 Å². The number of alkyl carbamates (subject to hydrolysis) is 1. The quantitative estimate of drug-likeness (QED) is 0.662. The van der Waals surface area contributed by atoms with Crippen LogP contribution >= 0.6 is 11.3 Å². The first-order valence-corrected chi connectivity index (χ1v) is 7.50. The summed E-state index contributed by atoms with van der Waals surface area (Å²) >= 11 is 1.24. The number of ether oxygens (including phenoxy) is 2. The molecule has 0 saturated heterocycles. The van der Waals surface area contributed by atoms with E-state index in [9.17, 15) is 9.59 Å². The summed E-state index contributed by atoms with van der Waals surface area (Å²) in [5.41, 5.74) is -0.527. The van der Waals surface area contributed by atoms with Gasteiger partial charge in [-0.2, -0.15) is 5.26 Å². The van der Waals surface area contributed by atoms with Crippen molar-refractivity contribution in [3.8, 4) is 17.9 Å². The van der Waals surface area contributed by atoms with Crippen molar-refractivity contribution in [2.45, 2.75) is 33.3 Å². The average molecular weight is 336 g/mol. The topological polar surface area (TPSA) is 88.4 Å². The Hall–Kier alpha value is -2.51. The summed E-state index contributed by atoms with van der Waals surface area (Å²) in [5, 5.41) is 9.85. The number of hydrogen-bond acceptors (Lipinski definition) is 6. The summed E-state index contributed by atoms with van der Waals surface area (Å²) in [6.07, 6.45) is -0.506. The van der Waals surface area contributed by atoms with Crippen LogP contribution in [0.2, 0.25) is 0 Å². The van der Waals surface area contributed by atoms with Gasteiger partial charge >= 0.3 is 12.1 Å². The number of nitrogens with zero attached hydrogens (tertiary/aromatic N) is 1. The number of methoxy groups -OCH3 is 1. The maximum atomic E-state index is 11.3. The molecule has 0 bridgehead atoms. The normalized spacial score (nSPS) is 9.22. The average Bonchev–Trinajstić information content (AvgIpc) is 2.90. The number of thiophene rings is 1. The monoisotopic (exact) mass is 336 g/mol. The van der Waals surface area contributed by atoms with Crippen molar-refractivity contribution in [2.75, 3.05) is 13.7 Å². The zero-order chi connectivity index (χ0) is 17.9. The lowest BCUT2D eigenvalue weighted by molar-refractivity contribution is 0.0533. The molecule has 0 spiro atoms. The molecule has 0 aliphatic heterocycles. The van der Waals surface area contributed by atoms with E-state index in [0.717, 1.165) is 4.88 Å².